The number of nitrogens with zero attached hydrogens (tertiary/aromatic N) is 2. The van der Waals surface area contributed by atoms with Crippen molar-refractivity contribution in [1.82, 2.24) is 4.90 Å². The molecule has 3 aliphatic rings. The zero-order valence-corrected chi connectivity index (χ0v) is 17.8. The van der Waals surface area contributed by atoms with Gasteiger partial charge in [0.05, 0.1) is 18.5 Å². The maximum absolute atomic E-state index is 13.7. The minimum Gasteiger partial charge on any atom is -0.497 e. The molecule has 2 saturated heterocycles. The molecule has 29 heavy (non-hydrogen) atoms. The lowest BCUT2D eigenvalue weighted by Crippen LogP contribution is -2.49. The van der Waals surface area contributed by atoms with Gasteiger partial charge in [-0.3, -0.25) is 9.69 Å². The van der Waals surface area contributed by atoms with E-state index in [4.69, 9.17) is 4.74 Å². The molecule has 0 spiro atoms. The van der Waals surface area contributed by atoms with Crippen molar-refractivity contribution in [2.75, 3.05) is 25.1 Å². The number of hydrogen-bond donors (Lipinski definition) is 0. The van der Waals surface area contributed by atoms with Crippen molar-refractivity contribution >= 4 is 29.0 Å². The molecule has 2 atom stereocenters. The average Bonchev–Trinajstić information content (AvgIpc) is 2.77. The van der Waals surface area contributed by atoms with Crippen LogP contribution in [0, 0.1) is 5.92 Å². The molecule has 0 unspecified atom stereocenters. The van der Waals surface area contributed by atoms with E-state index in [1.807, 2.05) is 29.2 Å². The Morgan fingerprint density at radius 2 is 1.86 bits per heavy atom. The lowest BCUT2D eigenvalue weighted by atomic mass is 9.81. The fraction of sp³-hybridized carbons (Fsp3) is 0.458. The summed E-state index contributed by atoms with van der Waals surface area (Å²) in [6.07, 6.45) is 6.86. The maximum atomic E-state index is 13.7. The summed E-state index contributed by atoms with van der Waals surface area (Å²) in [7, 11) is 1.68. The highest BCUT2D eigenvalue weighted by Gasteiger charge is 2.36. The maximum Gasteiger partial charge on any atom is 0.231 e. The van der Waals surface area contributed by atoms with Crippen molar-refractivity contribution in [3.05, 3.63) is 42.5 Å². The van der Waals surface area contributed by atoms with Gasteiger partial charge in [-0.15, -0.1) is 0 Å². The van der Waals surface area contributed by atoms with E-state index < -0.39 is 0 Å². The highest BCUT2D eigenvalue weighted by molar-refractivity contribution is 7.99. The Morgan fingerprint density at radius 3 is 2.76 bits per heavy atom. The molecule has 5 heteroatoms. The highest BCUT2D eigenvalue weighted by atomic mass is 32.2. The molecular formula is C24H28N2O2S. The molecule has 0 bridgehead atoms. The van der Waals surface area contributed by atoms with E-state index in [0.29, 0.717) is 18.4 Å². The molecule has 0 aliphatic carbocycles. The highest BCUT2D eigenvalue weighted by Crippen LogP contribution is 2.49. The van der Waals surface area contributed by atoms with Crippen LogP contribution in [0.1, 0.15) is 38.5 Å². The predicted octanol–water partition coefficient (Wildman–Crippen LogP) is 5.48. The van der Waals surface area contributed by atoms with Crippen molar-refractivity contribution in [3.63, 3.8) is 0 Å². The monoisotopic (exact) mass is 408 g/mol. The molecule has 2 fully saturated rings. The molecule has 4 nitrogen and oxygen atoms in total. The fourth-order valence-electron chi connectivity index (χ4n) is 5.26. The molecule has 2 aromatic carbocycles. The second-order valence-electron chi connectivity index (χ2n) is 8.34. The van der Waals surface area contributed by atoms with Crippen LogP contribution in [0.25, 0.3) is 0 Å². The number of hydrogen-bond acceptors (Lipinski definition) is 4. The molecule has 1 amide bonds. The molecule has 0 N–H and O–H groups in total. The first-order valence-corrected chi connectivity index (χ1v) is 11.6. The minimum atomic E-state index is 0.213. The molecule has 152 valence electrons. The van der Waals surface area contributed by atoms with E-state index in [9.17, 15) is 4.79 Å². The van der Waals surface area contributed by atoms with Gasteiger partial charge in [0.15, 0.2) is 0 Å². The standard InChI is InChI=1S/C24H28N2O2S/c1-28-18-11-12-23-21(16-18)26(20-9-2-3-10-22(20)29-23)24(27)15-17-7-6-14-25-13-5-4-8-19(17)25/h2-3,9-12,16-17,19H,4-8,13-15H2,1H3/t17-,19-/m1/s1. The summed E-state index contributed by atoms with van der Waals surface area (Å²) in [6, 6.07) is 14.9. The van der Waals surface area contributed by atoms with Crippen LogP contribution in [0.4, 0.5) is 11.4 Å². The van der Waals surface area contributed by atoms with Crippen LogP contribution in [0.3, 0.4) is 0 Å². The van der Waals surface area contributed by atoms with Gasteiger partial charge in [-0.05, 0) is 69.0 Å². The number of rotatable bonds is 3. The number of amides is 1. The third-order valence-corrected chi connectivity index (χ3v) is 7.78. The van der Waals surface area contributed by atoms with Gasteiger partial charge in [0.1, 0.15) is 5.75 Å². The third kappa shape index (κ3) is 3.55. The Bertz CT molecular complexity index is 914. The quantitative estimate of drug-likeness (QED) is 0.673. The van der Waals surface area contributed by atoms with Crippen molar-refractivity contribution in [3.8, 4) is 5.75 Å². The van der Waals surface area contributed by atoms with Crippen LogP contribution >= 0.6 is 11.8 Å². The Hall–Kier alpha value is -1.98. The third-order valence-electron chi connectivity index (χ3n) is 6.65. The summed E-state index contributed by atoms with van der Waals surface area (Å²) >= 11 is 1.73. The summed E-state index contributed by atoms with van der Waals surface area (Å²) in [4.78, 5) is 20.6. The number of ether oxygens (including phenoxy) is 1. The number of fused-ring (bicyclic) bond motifs is 3. The van der Waals surface area contributed by atoms with Gasteiger partial charge >= 0.3 is 0 Å². The van der Waals surface area contributed by atoms with E-state index in [2.05, 4.69) is 23.1 Å². The molecule has 3 heterocycles. The first-order valence-electron chi connectivity index (χ1n) is 10.8. The van der Waals surface area contributed by atoms with Gasteiger partial charge in [0, 0.05) is 28.3 Å². The Morgan fingerprint density at radius 1 is 1.03 bits per heavy atom. The van der Waals surface area contributed by atoms with Gasteiger partial charge in [-0.2, -0.15) is 0 Å². The van der Waals surface area contributed by atoms with E-state index in [1.54, 1.807) is 18.9 Å². The van der Waals surface area contributed by atoms with E-state index in [-0.39, 0.29) is 5.91 Å². The van der Waals surface area contributed by atoms with Gasteiger partial charge in [0.2, 0.25) is 5.91 Å². The Labute approximate surface area is 177 Å². The average molecular weight is 409 g/mol. The number of carbonyl (C=O) groups is 1. The number of carbonyl (C=O) groups excluding carboxylic acids is 1. The van der Waals surface area contributed by atoms with Crippen LogP contribution in [0.2, 0.25) is 0 Å². The van der Waals surface area contributed by atoms with Crippen molar-refractivity contribution in [2.45, 2.75) is 54.4 Å². The number of benzene rings is 2. The second kappa shape index (κ2) is 8.04. The second-order valence-corrected chi connectivity index (χ2v) is 9.42. The molecule has 5 rings (SSSR count). The predicted molar refractivity (Wildman–Crippen MR) is 117 cm³/mol. The lowest BCUT2D eigenvalue weighted by molar-refractivity contribution is -0.120. The number of methoxy groups -OCH3 is 1. The smallest absolute Gasteiger partial charge is 0.231 e. The number of piperidine rings is 2. The zero-order valence-electron chi connectivity index (χ0n) is 17.0. The van der Waals surface area contributed by atoms with E-state index in [0.717, 1.165) is 26.9 Å². The summed E-state index contributed by atoms with van der Waals surface area (Å²) in [6.45, 7) is 2.41. The largest absolute Gasteiger partial charge is 0.497 e. The first-order chi connectivity index (χ1) is 14.2. The Kier molecular flexibility index (Phi) is 5.27. The number of anilines is 2. The minimum absolute atomic E-state index is 0.213. The van der Waals surface area contributed by atoms with Crippen LogP contribution in [0.5, 0.6) is 5.75 Å². The van der Waals surface area contributed by atoms with Crippen LogP contribution in [0.15, 0.2) is 52.3 Å². The zero-order chi connectivity index (χ0) is 19.8. The van der Waals surface area contributed by atoms with Crippen molar-refractivity contribution in [1.29, 1.82) is 0 Å². The summed E-state index contributed by atoms with van der Waals surface area (Å²) in [5.41, 5.74) is 1.95. The van der Waals surface area contributed by atoms with Gasteiger partial charge in [0.25, 0.3) is 0 Å². The summed E-state index contributed by atoms with van der Waals surface area (Å²) < 4.78 is 5.46. The Balaban J connectivity index is 1.47. The molecule has 0 radical (unpaired) electrons. The van der Waals surface area contributed by atoms with Crippen molar-refractivity contribution < 1.29 is 9.53 Å². The fourth-order valence-corrected chi connectivity index (χ4v) is 6.30. The lowest BCUT2D eigenvalue weighted by Gasteiger charge is -2.44. The topological polar surface area (TPSA) is 32.8 Å². The van der Waals surface area contributed by atoms with Crippen molar-refractivity contribution in [2.24, 2.45) is 5.92 Å². The van der Waals surface area contributed by atoms with Gasteiger partial charge < -0.3 is 9.64 Å². The van der Waals surface area contributed by atoms with E-state index in [1.165, 1.54) is 45.2 Å². The first kappa shape index (κ1) is 19.0. The van der Waals surface area contributed by atoms with Crippen LogP contribution < -0.4 is 9.64 Å². The molecule has 0 saturated carbocycles. The summed E-state index contributed by atoms with van der Waals surface area (Å²) in [5, 5.41) is 0. The van der Waals surface area contributed by atoms with Crippen LogP contribution in [-0.4, -0.2) is 37.0 Å². The number of para-hydroxylation sites is 1. The van der Waals surface area contributed by atoms with Gasteiger partial charge in [-0.1, -0.05) is 30.3 Å². The molecular weight excluding hydrogens is 380 g/mol. The SMILES string of the molecule is COc1ccc2c(c1)N(C(=O)C[C@H]1CCCN3CCCC[C@H]13)c1ccccc1S2. The van der Waals surface area contributed by atoms with Gasteiger partial charge in [-0.25, -0.2) is 0 Å². The molecule has 3 aliphatic heterocycles. The normalized spacial score (nSPS) is 23.7. The van der Waals surface area contributed by atoms with Crippen LogP contribution in [-0.2, 0) is 4.79 Å². The summed E-state index contributed by atoms with van der Waals surface area (Å²) in [5.74, 6) is 1.47. The molecule has 0 aromatic heterocycles. The van der Waals surface area contributed by atoms with E-state index >= 15 is 0 Å². The molecule has 2 aromatic rings.